The van der Waals surface area contributed by atoms with Crippen molar-refractivity contribution in [1.82, 2.24) is 0 Å². The molecule has 0 saturated carbocycles. The number of anilines is 1. The highest BCUT2D eigenvalue weighted by Crippen LogP contribution is 2.29. The largest absolute Gasteiger partial charge is 0.495 e. The summed E-state index contributed by atoms with van der Waals surface area (Å²) in [6.45, 7) is 4.27. The van der Waals surface area contributed by atoms with E-state index >= 15 is 0 Å². The monoisotopic (exact) mass is 319 g/mol. The summed E-state index contributed by atoms with van der Waals surface area (Å²) in [6, 6.07) is 14.8. The van der Waals surface area contributed by atoms with Crippen LogP contribution in [0.25, 0.3) is 0 Å². The Hall–Kier alpha value is -1.48. The third-order valence-corrected chi connectivity index (χ3v) is 3.73. The molecule has 0 radical (unpaired) electrons. The van der Waals surface area contributed by atoms with Crippen LogP contribution in [0.4, 0.5) is 5.69 Å². The van der Waals surface area contributed by atoms with Gasteiger partial charge >= 0.3 is 0 Å². The maximum atomic E-state index is 5.31. The minimum atomic E-state index is 0.255. The second kappa shape index (κ2) is 6.11. The summed E-state index contributed by atoms with van der Waals surface area (Å²) in [7, 11) is 1.67. The van der Waals surface area contributed by atoms with E-state index < -0.39 is 0 Å². The number of nitrogens with one attached hydrogen (secondary N) is 1. The topological polar surface area (TPSA) is 21.3 Å². The Morgan fingerprint density at radius 3 is 2.63 bits per heavy atom. The molecule has 0 aliphatic carbocycles. The first-order valence-corrected chi connectivity index (χ1v) is 7.06. The van der Waals surface area contributed by atoms with E-state index in [1.807, 2.05) is 18.2 Å². The van der Waals surface area contributed by atoms with Crippen molar-refractivity contribution in [2.75, 3.05) is 12.4 Å². The Balaban J connectivity index is 2.17. The highest BCUT2D eigenvalue weighted by Gasteiger charge is 2.07. The van der Waals surface area contributed by atoms with Gasteiger partial charge in [-0.1, -0.05) is 29.8 Å². The van der Waals surface area contributed by atoms with Crippen molar-refractivity contribution in [2.24, 2.45) is 0 Å². The fraction of sp³-hybridized carbons (Fsp3) is 0.250. The molecule has 0 heterocycles. The predicted octanol–water partition coefficient (Wildman–Crippen LogP) is 4.94. The van der Waals surface area contributed by atoms with Crippen LogP contribution in [0.2, 0.25) is 0 Å². The van der Waals surface area contributed by atoms with Gasteiger partial charge in [0.15, 0.2) is 0 Å². The third kappa shape index (κ3) is 3.51. The van der Waals surface area contributed by atoms with E-state index in [0.29, 0.717) is 0 Å². The minimum absolute atomic E-state index is 0.255. The van der Waals surface area contributed by atoms with Crippen LogP contribution in [0.1, 0.15) is 24.1 Å². The Morgan fingerprint density at radius 1 is 1.16 bits per heavy atom. The number of rotatable bonds is 4. The molecule has 2 nitrogen and oxygen atoms in total. The zero-order chi connectivity index (χ0) is 13.8. The number of hydrogen-bond donors (Lipinski definition) is 1. The van der Waals surface area contributed by atoms with Gasteiger partial charge in [0.2, 0.25) is 0 Å². The van der Waals surface area contributed by atoms with Gasteiger partial charge in [-0.25, -0.2) is 0 Å². The second-order valence-electron chi connectivity index (χ2n) is 4.63. The lowest BCUT2D eigenvalue weighted by molar-refractivity contribution is 0.412. The minimum Gasteiger partial charge on any atom is -0.495 e. The number of aryl methyl sites for hydroxylation is 1. The van der Waals surface area contributed by atoms with Crippen LogP contribution in [0, 0.1) is 6.92 Å². The molecule has 0 spiro atoms. The van der Waals surface area contributed by atoms with Gasteiger partial charge in [-0.2, -0.15) is 0 Å². The van der Waals surface area contributed by atoms with Gasteiger partial charge in [0, 0.05) is 17.8 Å². The average Bonchev–Trinajstić information content (AvgIpc) is 2.41. The first-order valence-electron chi connectivity index (χ1n) is 6.27. The molecule has 19 heavy (non-hydrogen) atoms. The quantitative estimate of drug-likeness (QED) is 0.861. The molecule has 0 saturated heterocycles. The summed E-state index contributed by atoms with van der Waals surface area (Å²) in [6.07, 6.45) is 0. The maximum Gasteiger partial charge on any atom is 0.135 e. The Kier molecular flexibility index (Phi) is 4.48. The van der Waals surface area contributed by atoms with Gasteiger partial charge < -0.3 is 10.1 Å². The van der Waals surface area contributed by atoms with Crippen LogP contribution in [0.15, 0.2) is 46.9 Å². The van der Waals surface area contributed by atoms with Crippen molar-refractivity contribution in [3.63, 3.8) is 0 Å². The third-order valence-electron chi connectivity index (χ3n) is 3.08. The molecular weight excluding hydrogens is 302 g/mol. The Bertz CT molecular complexity index is 568. The van der Waals surface area contributed by atoms with Crippen molar-refractivity contribution in [2.45, 2.75) is 19.9 Å². The fourth-order valence-electron chi connectivity index (χ4n) is 2.02. The molecule has 0 aliphatic heterocycles. The summed E-state index contributed by atoms with van der Waals surface area (Å²) in [5.74, 6) is 0.835. The van der Waals surface area contributed by atoms with Crippen LogP contribution >= 0.6 is 15.9 Å². The molecule has 0 fully saturated rings. The number of methoxy groups -OCH3 is 1. The van der Waals surface area contributed by atoms with E-state index in [4.69, 9.17) is 4.74 Å². The van der Waals surface area contributed by atoms with E-state index in [1.165, 1.54) is 11.1 Å². The van der Waals surface area contributed by atoms with Crippen LogP contribution in [0.3, 0.4) is 0 Å². The first-order chi connectivity index (χ1) is 9.10. The van der Waals surface area contributed by atoms with Gasteiger partial charge in [-0.15, -0.1) is 0 Å². The Labute approximate surface area is 122 Å². The lowest BCUT2D eigenvalue weighted by atomic mass is 10.1. The van der Waals surface area contributed by atoms with Crippen molar-refractivity contribution in [3.05, 3.63) is 58.1 Å². The highest BCUT2D eigenvalue weighted by molar-refractivity contribution is 9.10. The zero-order valence-corrected chi connectivity index (χ0v) is 13.0. The Morgan fingerprint density at radius 2 is 1.95 bits per heavy atom. The molecule has 1 atom stereocenters. The molecule has 0 aromatic heterocycles. The molecular formula is C16H18BrNO. The fourth-order valence-corrected chi connectivity index (χ4v) is 2.43. The van der Waals surface area contributed by atoms with Crippen LogP contribution in [-0.2, 0) is 0 Å². The van der Waals surface area contributed by atoms with E-state index in [2.05, 4.69) is 59.4 Å². The second-order valence-corrected chi connectivity index (χ2v) is 5.48. The summed E-state index contributed by atoms with van der Waals surface area (Å²) < 4.78 is 6.27. The smallest absolute Gasteiger partial charge is 0.135 e. The van der Waals surface area contributed by atoms with Crippen molar-refractivity contribution in [1.29, 1.82) is 0 Å². The molecule has 2 aromatic carbocycles. The van der Waals surface area contributed by atoms with Gasteiger partial charge in [-0.05, 0) is 47.5 Å². The van der Waals surface area contributed by atoms with E-state index in [0.717, 1.165) is 15.9 Å². The van der Waals surface area contributed by atoms with Gasteiger partial charge in [0.25, 0.3) is 0 Å². The summed E-state index contributed by atoms with van der Waals surface area (Å²) in [5.41, 5.74) is 3.61. The molecule has 0 aliphatic rings. The summed E-state index contributed by atoms with van der Waals surface area (Å²) >= 11 is 3.46. The number of benzene rings is 2. The predicted molar refractivity (Wildman–Crippen MR) is 83.9 cm³/mol. The molecule has 0 bridgehead atoms. The van der Waals surface area contributed by atoms with Gasteiger partial charge in [0.05, 0.1) is 11.6 Å². The van der Waals surface area contributed by atoms with Crippen molar-refractivity contribution < 1.29 is 4.74 Å². The first kappa shape index (κ1) is 13.9. The van der Waals surface area contributed by atoms with E-state index in [9.17, 15) is 0 Å². The highest BCUT2D eigenvalue weighted by atomic mass is 79.9. The maximum absolute atomic E-state index is 5.31. The summed E-state index contributed by atoms with van der Waals surface area (Å²) in [5, 5.41) is 3.49. The zero-order valence-electron chi connectivity index (χ0n) is 11.4. The molecule has 2 rings (SSSR count). The van der Waals surface area contributed by atoms with Crippen LogP contribution < -0.4 is 10.1 Å². The van der Waals surface area contributed by atoms with Gasteiger partial charge in [-0.3, -0.25) is 0 Å². The molecule has 2 aromatic rings. The lowest BCUT2D eigenvalue weighted by Gasteiger charge is -2.17. The van der Waals surface area contributed by atoms with Gasteiger partial charge in [0.1, 0.15) is 5.75 Å². The number of halogens is 1. The standard InChI is InChI=1S/C16H18BrNO/c1-11-5-4-6-13(9-11)12(2)18-14-7-8-15(17)16(10-14)19-3/h4-10,12,18H,1-3H3. The molecule has 0 amide bonds. The van der Waals surface area contributed by atoms with Crippen molar-refractivity contribution in [3.8, 4) is 5.75 Å². The van der Waals surface area contributed by atoms with Crippen LogP contribution in [0.5, 0.6) is 5.75 Å². The van der Waals surface area contributed by atoms with Crippen LogP contribution in [-0.4, -0.2) is 7.11 Å². The molecule has 1 unspecified atom stereocenters. The number of hydrogen-bond acceptors (Lipinski definition) is 2. The summed E-state index contributed by atoms with van der Waals surface area (Å²) in [4.78, 5) is 0. The molecule has 100 valence electrons. The average molecular weight is 320 g/mol. The molecule has 1 N–H and O–H groups in total. The van der Waals surface area contributed by atoms with E-state index in [-0.39, 0.29) is 6.04 Å². The lowest BCUT2D eigenvalue weighted by Crippen LogP contribution is -2.06. The SMILES string of the molecule is COc1cc(NC(C)c2cccc(C)c2)ccc1Br. The molecule has 3 heteroatoms. The number of ether oxygens (including phenoxy) is 1. The van der Waals surface area contributed by atoms with E-state index in [1.54, 1.807) is 7.11 Å². The normalized spacial score (nSPS) is 12.0. The van der Waals surface area contributed by atoms with Crippen molar-refractivity contribution >= 4 is 21.6 Å².